The van der Waals surface area contributed by atoms with E-state index in [1.807, 2.05) is 42.2 Å². The summed E-state index contributed by atoms with van der Waals surface area (Å²) < 4.78 is 6.98. The molecule has 0 spiro atoms. The van der Waals surface area contributed by atoms with Gasteiger partial charge in [-0.1, -0.05) is 23.2 Å². The Bertz CT molecular complexity index is 1160. The Morgan fingerprint density at radius 2 is 1.91 bits per heavy atom. The van der Waals surface area contributed by atoms with Crippen molar-refractivity contribution in [2.24, 2.45) is 5.73 Å². The Labute approximate surface area is 202 Å². The quantitative estimate of drug-likeness (QED) is 0.571. The number of benzene rings is 1. The second-order valence-electron chi connectivity index (χ2n) is 7.83. The molecular formula is C23H26Cl2N6O2. The molecule has 0 atom stereocenters. The molecule has 1 fully saturated rings. The van der Waals surface area contributed by atoms with Gasteiger partial charge >= 0.3 is 0 Å². The van der Waals surface area contributed by atoms with Crippen LogP contribution >= 0.6 is 23.2 Å². The third-order valence-corrected chi connectivity index (χ3v) is 6.61. The highest BCUT2D eigenvalue weighted by Gasteiger charge is 2.24. The molecule has 0 unspecified atom stereocenters. The number of aromatic nitrogens is 3. The summed E-state index contributed by atoms with van der Waals surface area (Å²) in [5.74, 6) is 0.650. The van der Waals surface area contributed by atoms with Crippen molar-refractivity contribution in [1.29, 1.82) is 0 Å². The number of methoxy groups -OCH3 is 1. The van der Waals surface area contributed by atoms with E-state index in [2.05, 4.69) is 15.0 Å². The maximum Gasteiger partial charge on any atom is 0.244 e. The first-order valence-corrected chi connectivity index (χ1v) is 11.4. The number of piperazine rings is 1. The van der Waals surface area contributed by atoms with Crippen LogP contribution in [-0.4, -0.2) is 58.9 Å². The summed E-state index contributed by atoms with van der Waals surface area (Å²) in [6.45, 7) is 5.01. The molecule has 0 saturated carbocycles. The van der Waals surface area contributed by atoms with Crippen molar-refractivity contribution in [2.45, 2.75) is 20.0 Å². The number of amides is 1. The predicted molar refractivity (Wildman–Crippen MR) is 130 cm³/mol. The molecular weight excluding hydrogens is 463 g/mol. The van der Waals surface area contributed by atoms with Gasteiger partial charge in [0.2, 0.25) is 5.91 Å². The van der Waals surface area contributed by atoms with E-state index in [4.69, 9.17) is 33.7 Å². The van der Waals surface area contributed by atoms with Crippen LogP contribution in [0.15, 0.2) is 36.5 Å². The average molecular weight is 489 g/mol. The third-order valence-electron chi connectivity index (χ3n) is 5.85. The number of nitrogens with two attached hydrogens (primary N) is 1. The van der Waals surface area contributed by atoms with Crippen molar-refractivity contribution in [1.82, 2.24) is 19.7 Å². The highest BCUT2D eigenvalue weighted by Crippen LogP contribution is 2.31. The van der Waals surface area contributed by atoms with E-state index >= 15 is 0 Å². The van der Waals surface area contributed by atoms with Crippen molar-refractivity contribution in [3.05, 3.63) is 58.0 Å². The van der Waals surface area contributed by atoms with E-state index in [1.54, 1.807) is 18.0 Å². The van der Waals surface area contributed by atoms with Crippen LogP contribution < -0.4 is 15.4 Å². The number of hydrogen-bond donors (Lipinski definition) is 1. The molecule has 3 aromatic rings. The van der Waals surface area contributed by atoms with Gasteiger partial charge in [-0.15, -0.1) is 0 Å². The van der Waals surface area contributed by atoms with Gasteiger partial charge in [-0.3, -0.25) is 14.5 Å². The maximum absolute atomic E-state index is 13.0. The number of hydrogen-bond acceptors (Lipinski definition) is 6. The fraction of sp³-hybridized carbons (Fsp3) is 0.348. The lowest BCUT2D eigenvalue weighted by Crippen LogP contribution is -2.49. The molecule has 3 heterocycles. The normalized spacial score (nSPS) is 14.0. The summed E-state index contributed by atoms with van der Waals surface area (Å²) >= 11 is 12.7. The summed E-state index contributed by atoms with van der Waals surface area (Å²) in [4.78, 5) is 21.3. The zero-order valence-corrected chi connectivity index (χ0v) is 20.1. The summed E-state index contributed by atoms with van der Waals surface area (Å²) in [7, 11) is 1.60. The molecule has 1 saturated heterocycles. The van der Waals surface area contributed by atoms with Crippen LogP contribution in [0.25, 0.3) is 11.3 Å². The van der Waals surface area contributed by atoms with E-state index in [0.717, 1.165) is 35.7 Å². The summed E-state index contributed by atoms with van der Waals surface area (Å²) in [6, 6.07) is 9.42. The van der Waals surface area contributed by atoms with E-state index in [0.29, 0.717) is 41.1 Å². The molecule has 0 bridgehead atoms. The molecule has 8 nitrogen and oxygen atoms in total. The lowest BCUT2D eigenvalue weighted by molar-refractivity contribution is -0.132. The minimum absolute atomic E-state index is 0.00882. The van der Waals surface area contributed by atoms with Crippen molar-refractivity contribution in [3.63, 3.8) is 0 Å². The minimum Gasteiger partial charge on any atom is -0.495 e. The van der Waals surface area contributed by atoms with Crippen molar-refractivity contribution < 1.29 is 9.53 Å². The number of carbonyl (C=O) groups excluding carboxylic acids is 1. The predicted octanol–water partition coefficient (Wildman–Crippen LogP) is 3.38. The molecule has 4 rings (SSSR count). The number of carbonyl (C=O) groups is 1. The molecule has 10 heteroatoms. The molecule has 1 aliphatic rings. The number of pyridine rings is 1. The number of rotatable bonds is 6. The van der Waals surface area contributed by atoms with Gasteiger partial charge in [-0.05, 0) is 31.2 Å². The lowest BCUT2D eigenvalue weighted by atomic mass is 10.1. The van der Waals surface area contributed by atoms with E-state index in [1.165, 1.54) is 0 Å². The molecule has 2 aromatic heterocycles. The molecule has 1 aliphatic heterocycles. The van der Waals surface area contributed by atoms with Gasteiger partial charge in [0.15, 0.2) is 0 Å². The molecule has 0 radical (unpaired) electrons. The number of anilines is 1. The molecule has 2 N–H and O–H groups in total. The van der Waals surface area contributed by atoms with Gasteiger partial charge in [0.1, 0.15) is 18.0 Å². The maximum atomic E-state index is 13.0. The van der Waals surface area contributed by atoms with Crippen LogP contribution in [0, 0.1) is 6.92 Å². The number of ether oxygens (including phenoxy) is 1. The number of nitrogens with zero attached hydrogens (tertiary/aromatic N) is 5. The van der Waals surface area contributed by atoms with E-state index < -0.39 is 0 Å². The Morgan fingerprint density at radius 3 is 2.61 bits per heavy atom. The Morgan fingerprint density at radius 1 is 1.15 bits per heavy atom. The van der Waals surface area contributed by atoms with Gasteiger partial charge < -0.3 is 20.3 Å². The Hall–Kier alpha value is -2.81. The Balaban J connectivity index is 1.42. The zero-order chi connectivity index (χ0) is 23.5. The van der Waals surface area contributed by atoms with Gasteiger partial charge in [-0.25, -0.2) is 0 Å². The van der Waals surface area contributed by atoms with Crippen LogP contribution in [0.4, 0.5) is 5.69 Å². The SMILES string of the molecule is COc1cc(N2CCN(C(=O)Cn3nc(-c4ccnc(CN)c4)c(Cl)c3C)CC2)ccc1Cl. The fourth-order valence-corrected chi connectivity index (χ4v) is 4.33. The third kappa shape index (κ3) is 4.93. The topological polar surface area (TPSA) is 89.5 Å². The van der Waals surface area contributed by atoms with Crippen molar-refractivity contribution >= 4 is 34.8 Å². The van der Waals surface area contributed by atoms with Crippen molar-refractivity contribution in [3.8, 4) is 17.0 Å². The van der Waals surface area contributed by atoms with Gasteiger partial charge in [-0.2, -0.15) is 5.10 Å². The summed E-state index contributed by atoms with van der Waals surface area (Å²) in [6.07, 6.45) is 1.68. The number of halogens is 2. The Kier molecular flexibility index (Phi) is 7.07. The molecule has 174 valence electrons. The summed E-state index contributed by atoms with van der Waals surface area (Å²) in [5, 5.41) is 5.72. The lowest BCUT2D eigenvalue weighted by Gasteiger charge is -2.36. The smallest absolute Gasteiger partial charge is 0.244 e. The standard InChI is InChI=1S/C23H26Cl2N6O2/c1-15-22(25)23(16-5-6-27-17(11-16)13-26)28-31(15)14-21(32)30-9-7-29(8-10-30)18-3-4-19(24)20(12-18)33-2/h3-6,11-12H,7-10,13-14,26H2,1-2H3. The second-order valence-corrected chi connectivity index (χ2v) is 8.62. The van der Waals surface area contributed by atoms with Crippen LogP contribution in [0.3, 0.4) is 0 Å². The van der Waals surface area contributed by atoms with Crippen molar-refractivity contribution in [2.75, 3.05) is 38.2 Å². The first-order valence-electron chi connectivity index (χ1n) is 10.7. The van der Waals surface area contributed by atoms with Crippen LogP contribution in [0.2, 0.25) is 10.0 Å². The molecule has 1 amide bonds. The van der Waals surface area contributed by atoms with Gasteiger partial charge in [0.25, 0.3) is 0 Å². The fourth-order valence-electron chi connectivity index (χ4n) is 3.89. The van der Waals surface area contributed by atoms with Gasteiger partial charge in [0.05, 0.1) is 28.5 Å². The van der Waals surface area contributed by atoms with E-state index in [9.17, 15) is 4.79 Å². The molecule has 33 heavy (non-hydrogen) atoms. The zero-order valence-electron chi connectivity index (χ0n) is 18.6. The monoisotopic (exact) mass is 488 g/mol. The average Bonchev–Trinajstić information content (AvgIpc) is 3.13. The van der Waals surface area contributed by atoms with Gasteiger partial charge in [0, 0.05) is 56.2 Å². The minimum atomic E-state index is 0.00882. The highest BCUT2D eigenvalue weighted by molar-refractivity contribution is 6.33. The van der Waals surface area contributed by atoms with E-state index in [-0.39, 0.29) is 12.5 Å². The first-order chi connectivity index (χ1) is 15.9. The van der Waals surface area contributed by atoms with Crippen LogP contribution in [-0.2, 0) is 17.9 Å². The second kappa shape index (κ2) is 9.99. The summed E-state index contributed by atoms with van der Waals surface area (Å²) in [5.41, 5.74) is 9.68. The van der Waals surface area contributed by atoms with Crippen LogP contribution in [0.1, 0.15) is 11.4 Å². The largest absolute Gasteiger partial charge is 0.495 e. The molecule has 0 aliphatic carbocycles. The first kappa shape index (κ1) is 23.4. The highest BCUT2D eigenvalue weighted by atomic mass is 35.5. The molecule has 1 aromatic carbocycles. The van der Waals surface area contributed by atoms with Crippen LogP contribution in [0.5, 0.6) is 5.75 Å².